The molecule has 0 aromatic heterocycles. The molecule has 1 aliphatic carbocycles. The average Bonchev–Trinajstić information content (AvgIpc) is 2.93. The molecule has 5 heteroatoms. The van der Waals surface area contributed by atoms with Crippen LogP contribution >= 0.6 is 0 Å². The van der Waals surface area contributed by atoms with E-state index in [-0.39, 0.29) is 6.03 Å². The molecule has 110 valence electrons. The lowest BCUT2D eigenvalue weighted by atomic mass is 9.96. The van der Waals surface area contributed by atoms with Crippen LogP contribution in [0.5, 0.6) is 5.75 Å². The third-order valence-corrected chi connectivity index (χ3v) is 3.99. The Balaban J connectivity index is 1.77. The summed E-state index contributed by atoms with van der Waals surface area (Å²) in [5.41, 5.74) is 6.50. The number of rotatable bonds is 5. The Hall–Kier alpha value is -1.75. The van der Waals surface area contributed by atoms with Crippen LogP contribution in [0, 0.1) is 11.8 Å². The van der Waals surface area contributed by atoms with E-state index in [0.29, 0.717) is 24.9 Å². The van der Waals surface area contributed by atoms with Gasteiger partial charge in [0, 0.05) is 12.2 Å². The predicted molar refractivity (Wildman–Crippen MR) is 79.9 cm³/mol. The molecule has 0 spiro atoms. The van der Waals surface area contributed by atoms with Crippen molar-refractivity contribution in [1.29, 1.82) is 0 Å². The standard InChI is InChI=1S/C15H23N3O2/c1-20-14-7-5-13(6-8-14)18-15(19)17-10-12-4-2-3-11(12)9-16/h5-8,11-12H,2-4,9-10,16H2,1H3,(H2,17,18,19). The summed E-state index contributed by atoms with van der Waals surface area (Å²) in [6.07, 6.45) is 3.56. The number of benzene rings is 1. The summed E-state index contributed by atoms with van der Waals surface area (Å²) in [4.78, 5) is 11.8. The van der Waals surface area contributed by atoms with E-state index in [9.17, 15) is 4.79 Å². The zero-order valence-electron chi connectivity index (χ0n) is 11.9. The van der Waals surface area contributed by atoms with Crippen LogP contribution in [0.4, 0.5) is 10.5 Å². The second kappa shape index (κ2) is 7.14. The van der Waals surface area contributed by atoms with Crippen LogP contribution in [0.3, 0.4) is 0 Å². The molecule has 0 radical (unpaired) electrons. The minimum Gasteiger partial charge on any atom is -0.497 e. The van der Waals surface area contributed by atoms with Crippen LogP contribution in [0.2, 0.25) is 0 Å². The van der Waals surface area contributed by atoms with Crippen molar-refractivity contribution in [2.45, 2.75) is 19.3 Å². The van der Waals surface area contributed by atoms with E-state index in [1.54, 1.807) is 7.11 Å². The third-order valence-electron chi connectivity index (χ3n) is 3.99. The maximum Gasteiger partial charge on any atom is 0.319 e. The molecule has 1 aromatic carbocycles. The molecule has 0 saturated heterocycles. The highest BCUT2D eigenvalue weighted by atomic mass is 16.5. The first-order chi connectivity index (χ1) is 9.72. The van der Waals surface area contributed by atoms with Gasteiger partial charge >= 0.3 is 6.03 Å². The summed E-state index contributed by atoms with van der Waals surface area (Å²) in [5, 5.41) is 5.74. The normalized spacial score (nSPS) is 21.5. The Morgan fingerprint density at radius 3 is 2.65 bits per heavy atom. The molecule has 4 N–H and O–H groups in total. The van der Waals surface area contributed by atoms with Crippen molar-refractivity contribution < 1.29 is 9.53 Å². The molecule has 2 atom stereocenters. The summed E-state index contributed by atoms with van der Waals surface area (Å²) >= 11 is 0. The van der Waals surface area contributed by atoms with E-state index in [4.69, 9.17) is 10.5 Å². The van der Waals surface area contributed by atoms with Crippen molar-refractivity contribution in [2.75, 3.05) is 25.5 Å². The molecule has 0 bridgehead atoms. The first kappa shape index (κ1) is 14.7. The molecular formula is C15H23N3O2. The summed E-state index contributed by atoms with van der Waals surface area (Å²) < 4.78 is 5.07. The Bertz CT molecular complexity index is 433. The Labute approximate surface area is 119 Å². The number of hydrogen-bond acceptors (Lipinski definition) is 3. The summed E-state index contributed by atoms with van der Waals surface area (Å²) in [7, 11) is 1.62. The molecule has 5 nitrogen and oxygen atoms in total. The summed E-state index contributed by atoms with van der Waals surface area (Å²) in [6, 6.07) is 7.10. The van der Waals surface area contributed by atoms with Gasteiger partial charge < -0.3 is 21.1 Å². The number of hydrogen-bond donors (Lipinski definition) is 3. The fraction of sp³-hybridized carbons (Fsp3) is 0.533. The van der Waals surface area contributed by atoms with Crippen molar-refractivity contribution in [2.24, 2.45) is 17.6 Å². The lowest BCUT2D eigenvalue weighted by Crippen LogP contribution is -2.35. The quantitative estimate of drug-likeness (QED) is 0.772. The maximum absolute atomic E-state index is 11.8. The lowest BCUT2D eigenvalue weighted by molar-refractivity contribution is 0.248. The zero-order chi connectivity index (χ0) is 14.4. The Kier molecular flexibility index (Phi) is 5.24. The number of urea groups is 1. The number of ether oxygens (including phenoxy) is 1. The van der Waals surface area contributed by atoms with Crippen LogP contribution in [0.25, 0.3) is 0 Å². The molecule has 20 heavy (non-hydrogen) atoms. The van der Waals surface area contributed by atoms with Gasteiger partial charge in [-0.25, -0.2) is 4.79 Å². The number of amides is 2. The number of anilines is 1. The molecule has 0 aliphatic heterocycles. The summed E-state index contributed by atoms with van der Waals surface area (Å²) in [6.45, 7) is 1.41. The van der Waals surface area contributed by atoms with Crippen LogP contribution in [0.1, 0.15) is 19.3 Å². The van der Waals surface area contributed by atoms with Gasteiger partial charge in [0.25, 0.3) is 0 Å². The van der Waals surface area contributed by atoms with Crippen LogP contribution in [-0.2, 0) is 0 Å². The van der Waals surface area contributed by atoms with Gasteiger partial charge in [-0.1, -0.05) is 6.42 Å². The van der Waals surface area contributed by atoms with Crippen molar-refractivity contribution in [3.63, 3.8) is 0 Å². The third kappa shape index (κ3) is 3.87. The highest BCUT2D eigenvalue weighted by molar-refractivity contribution is 5.89. The largest absolute Gasteiger partial charge is 0.497 e. The fourth-order valence-electron chi connectivity index (χ4n) is 2.77. The number of nitrogens with two attached hydrogens (primary N) is 1. The highest BCUT2D eigenvalue weighted by Gasteiger charge is 2.26. The van der Waals surface area contributed by atoms with Crippen molar-refractivity contribution in [3.05, 3.63) is 24.3 Å². The molecule has 1 aromatic rings. The smallest absolute Gasteiger partial charge is 0.319 e. The monoisotopic (exact) mass is 277 g/mol. The van der Waals surface area contributed by atoms with E-state index < -0.39 is 0 Å². The van der Waals surface area contributed by atoms with Crippen LogP contribution < -0.4 is 21.1 Å². The van der Waals surface area contributed by atoms with Gasteiger partial charge in [-0.05, 0) is 55.5 Å². The van der Waals surface area contributed by atoms with E-state index >= 15 is 0 Å². The van der Waals surface area contributed by atoms with E-state index in [0.717, 1.165) is 17.9 Å². The van der Waals surface area contributed by atoms with Gasteiger partial charge in [0.15, 0.2) is 0 Å². The molecule has 1 fully saturated rings. The molecule has 2 amide bonds. The average molecular weight is 277 g/mol. The van der Waals surface area contributed by atoms with E-state index in [2.05, 4.69) is 10.6 Å². The van der Waals surface area contributed by atoms with Gasteiger partial charge in [0.1, 0.15) is 5.75 Å². The molecule has 1 saturated carbocycles. The van der Waals surface area contributed by atoms with Crippen molar-refractivity contribution in [1.82, 2.24) is 5.32 Å². The first-order valence-electron chi connectivity index (χ1n) is 7.12. The van der Waals surface area contributed by atoms with Crippen molar-refractivity contribution in [3.8, 4) is 5.75 Å². The molecule has 1 aliphatic rings. The van der Waals surface area contributed by atoms with Gasteiger partial charge in [-0.2, -0.15) is 0 Å². The summed E-state index contributed by atoms with van der Waals surface area (Å²) in [5.74, 6) is 1.84. The van der Waals surface area contributed by atoms with E-state index in [1.807, 2.05) is 24.3 Å². The predicted octanol–water partition coefficient (Wildman–Crippen LogP) is 2.19. The van der Waals surface area contributed by atoms with Gasteiger partial charge in [-0.15, -0.1) is 0 Å². The SMILES string of the molecule is COc1ccc(NC(=O)NCC2CCCC2CN)cc1. The minimum atomic E-state index is -0.169. The van der Waals surface area contributed by atoms with Crippen LogP contribution in [-0.4, -0.2) is 26.2 Å². The molecule has 2 unspecified atom stereocenters. The van der Waals surface area contributed by atoms with Gasteiger partial charge in [0.05, 0.1) is 7.11 Å². The zero-order valence-corrected chi connectivity index (χ0v) is 11.9. The molecule has 2 rings (SSSR count). The fourth-order valence-corrected chi connectivity index (χ4v) is 2.77. The second-order valence-corrected chi connectivity index (χ2v) is 5.25. The Morgan fingerprint density at radius 1 is 1.30 bits per heavy atom. The number of carbonyl (C=O) groups is 1. The minimum absolute atomic E-state index is 0.169. The number of carbonyl (C=O) groups excluding carboxylic acids is 1. The van der Waals surface area contributed by atoms with E-state index in [1.165, 1.54) is 12.8 Å². The first-order valence-corrected chi connectivity index (χ1v) is 7.12. The second-order valence-electron chi connectivity index (χ2n) is 5.25. The van der Waals surface area contributed by atoms with Crippen LogP contribution in [0.15, 0.2) is 24.3 Å². The lowest BCUT2D eigenvalue weighted by Gasteiger charge is -2.18. The molecular weight excluding hydrogens is 254 g/mol. The number of nitrogens with one attached hydrogen (secondary N) is 2. The van der Waals surface area contributed by atoms with Gasteiger partial charge in [-0.3, -0.25) is 0 Å². The van der Waals surface area contributed by atoms with Gasteiger partial charge in [0.2, 0.25) is 0 Å². The Morgan fingerprint density at radius 2 is 2.00 bits per heavy atom. The van der Waals surface area contributed by atoms with Crippen molar-refractivity contribution >= 4 is 11.7 Å². The maximum atomic E-state index is 11.8. The molecule has 0 heterocycles. The topological polar surface area (TPSA) is 76.4 Å². The highest BCUT2D eigenvalue weighted by Crippen LogP contribution is 2.30. The number of methoxy groups -OCH3 is 1.